The number of para-hydroxylation sites is 1. The molecule has 1 aromatic heterocycles. The van der Waals surface area contributed by atoms with Gasteiger partial charge in [0.05, 0.1) is 0 Å². The highest BCUT2D eigenvalue weighted by molar-refractivity contribution is 9.10. The van der Waals surface area contributed by atoms with E-state index in [9.17, 15) is 0 Å². The predicted molar refractivity (Wildman–Crippen MR) is 77.5 cm³/mol. The molecule has 0 aliphatic rings. The zero-order valence-corrected chi connectivity index (χ0v) is 11.5. The zero-order chi connectivity index (χ0) is 12.0. The van der Waals surface area contributed by atoms with E-state index in [0.29, 0.717) is 6.04 Å². The molecule has 0 unspecified atom stereocenters. The number of halogens is 1. The molecule has 3 aromatic rings. The Bertz CT molecular complexity index is 695. The lowest BCUT2D eigenvalue weighted by Gasteiger charge is -2.11. The molecule has 0 aliphatic carbocycles. The van der Waals surface area contributed by atoms with E-state index in [2.05, 4.69) is 76.8 Å². The van der Waals surface area contributed by atoms with Crippen LogP contribution in [0.4, 0.5) is 0 Å². The van der Waals surface area contributed by atoms with Gasteiger partial charge in [-0.25, -0.2) is 0 Å². The molecule has 17 heavy (non-hydrogen) atoms. The smallest absolute Gasteiger partial charge is 0.0494 e. The Kier molecular flexibility index (Phi) is 2.48. The minimum absolute atomic E-state index is 0.471. The van der Waals surface area contributed by atoms with Crippen LogP contribution in [0.15, 0.2) is 46.9 Å². The third kappa shape index (κ3) is 1.59. The van der Waals surface area contributed by atoms with E-state index in [1.54, 1.807) is 0 Å². The van der Waals surface area contributed by atoms with E-state index < -0.39 is 0 Å². The van der Waals surface area contributed by atoms with Gasteiger partial charge in [0, 0.05) is 32.3 Å². The van der Waals surface area contributed by atoms with Crippen molar-refractivity contribution < 1.29 is 0 Å². The number of nitrogens with zero attached hydrogens (tertiary/aromatic N) is 1. The van der Waals surface area contributed by atoms with Gasteiger partial charge in [0.1, 0.15) is 0 Å². The Morgan fingerprint density at radius 2 is 1.65 bits per heavy atom. The van der Waals surface area contributed by atoms with Gasteiger partial charge in [0.2, 0.25) is 0 Å². The lowest BCUT2D eigenvalue weighted by Crippen LogP contribution is -1.99. The van der Waals surface area contributed by atoms with Crippen LogP contribution in [0.3, 0.4) is 0 Å². The predicted octanol–water partition coefficient (Wildman–Crippen LogP) is 5.14. The van der Waals surface area contributed by atoms with Gasteiger partial charge in [-0.05, 0) is 38.1 Å². The van der Waals surface area contributed by atoms with Crippen molar-refractivity contribution in [1.29, 1.82) is 0 Å². The van der Waals surface area contributed by atoms with E-state index >= 15 is 0 Å². The SMILES string of the molecule is CC(C)n1c2ccccc2c2cc(Br)ccc21. The highest BCUT2D eigenvalue weighted by Crippen LogP contribution is 2.33. The quantitative estimate of drug-likeness (QED) is 0.584. The van der Waals surface area contributed by atoms with Crippen LogP contribution in [0.1, 0.15) is 19.9 Å². The number of rotatable bonds is 1. The molecule has 0 saturated heterocycles. The monoisotopic (exact) mass is 287 g/mol. The van der Waals surface area contributed by atoms with Crippen LogP contribution < -0.4 is 0 Å². The topological polar surface area (TPSA) is 4.93 Å². The summed E-state index contributed by atoms with van der Waals surface area (Å²) in [7, 11) is 0. The van der Waals surface area contributed by atoms with Gasteiger partial charge in [0.15, 0.2) is 0 Å². The molecule has 0 amide bonds. The van der Waals surface area contributed by atoms with Gasteiger partial charge in [-0.3, -0.25) is 0 Å². The van der Waals surface area contributed by atoms with Crippen LogP contribution in [-0.4, -0.2) is 4.57 Å². The van der Waals surface area contributed by atoms with Gasteiger partial charge in [0.25, 0.3) is 0 Å². The van der Waals surface area contributed by atoms with E-state index in [0.717, 1.165) is 4.47 Å². The second-order valence-electron chi connectivity index (χ2n) is 4.64. The Hall–Kier alpha value is -1.28. The molecule has 3 rings (SSSR count). The minimum atomic E-state index is 0.471. The van der Waals surface area contributed by atoms with Crippen molar-refractivity contribution in [2.24, 2.45) is 0 Å². The van der Waals surface area contributed by atoms with Crippen LogP contribution in [0.2, 0.25) is 0 Å². The first-order chi connectivity index (χ1) is 8.18. The lowest BCUT2D eigenvalue weighted by atomic mass is 10.2. The standard InChI is InChI=1S/C15H14BrN/c1-10(2)17-14-6-4-3-5-12(14)13-9-11(16)7-8-15(13)17/h3-10H,1-2H3. The summed E-state index contributed by atoms with van der Waals surface area (Å²) >= 11 is 3.56. The number of benzene rings is 2. The first-order valence-electron chi connectivity index (χ1n) is 5.86. The van der Waals surface area contributed by atoms with Crippen LogP contribution >= 0.6 is 15.9 Å². The molecular formula is C15H14BrN. The fourth-order valence-corrected chi connectivity index (χ4v) is 2.89. The van der Waals surface area contributed by atoms with Crippen molar-refractivity contribution in [3.63, 3.8) is 0 Å². The molecule has 1 heterocycles. The molecule has 0 saturated carbocycles. The molecule has 0 aliphatic heterocycles. The molecule has 0 radical (unpaired) electrons. The molecule has 2 heteroatoms. The van der Waals surface area contributed by atoms with E-state index in [-0.39, 0.29) is 0 Å². The Labute approximate surface area is 109 Å². The maximum atomic E-state index is 3.56. The maximum absolute atomic E-state index is 3.56. The Morgan fingerprint density at radius 3 is 2.41 bits per heavy atom. The fourth-order valence-electron chi connectivity index (χ4n) is 2.53. The molecule has 0 fully saturated rings. The highest BCUT2D eigenvalue weighted by Gasteiger charge is 2.11. The number of aromatic nitrogens is 1. The second-order valence-corrected chi connectivity index (χ2v) is 5.56. The number of hydrogen-bond acceptors (Lipinski definition) is 0. The molecule has 2 aromatic carbocycles. The fraction of sp³-hybridized carbons (Fsp3) is 0.200. The average Bonchev–Trinajstić information content (AvgIpc) is 2.63. The lowest BCUT2D eigenvalue weighted by molar-refractivity contribution is 0.642. The summed E-state index contributed by atoms with van der Waals surface area (Å²) in [6, 6.07) is 15.6. The molecule has 0 N–H and O–H groups in total. The third-order valence-corrected chi connectivity index (χ3v) is 3.68. The van der Waals surface area contributed by atoms with E-state index in [4.69, 9.17) is 0 Å². The summed E-state index contributed by atoms with van der Waals surface area (Å²) in [5.74, 6) is 0. The van der Waals surface area contributed by atoms with Crippen molar-refractivity contribution in [3.8, 4) is 0 Å². The van der Waals surface area contributed by atoms with Crippen molar-refractivity contribution >= 4 is 37.7 Å². The first kappa shape index (κ1) is 10.8. The molecule has 0 atom stereocenters. The van der Waals surface area contributed by atoms with Crippen molar-refractivity contribution in [3.05, 3.63) is 46.9 Å². The summed E-state index contributed by atoms with van der Waals surface area (Å²) in [4.78, 5) is 0. The van der Waals surface area contributed by atoms with Gasteiger partial charge in [-0.2, -0.15) is 0 Å². The van der Waals surface area contributed by atoms with Gasteiger partial charge >= 0.3 is 0 Å². The van der Waals surface area contributed by atoms with Crippen molar-refractivity contribution in [2.75, 3.05) is 0 Å². The molecule has 86 valence electrons. The first-order valence-corrected chi connectivity index (χ1v) is 6.66. The molecule has 1 nitrogen and oxygen atoms in total. The molecule has 0 spiro atoms. The van der Waals surface area contributed by atoms with Gasteiger partial charge in [-0.1, -0.05) is 34.1 Å². The number of fused-ring (bicyclic) bond motifs is 3. The van der Waals surface area contributed by atoms with Crippen LogP contribution in [0.25, 0.3) is 21.8 Å². The summed E-state index contributed by atoms with van der Waals surface area (Å²) in [5, 5.41) is 2.65. The highest BCUT2D eigenvalue weighted by atomic mass is 79.9. The molecule has 0 bridgehead atoms. The second kappa shape index (κ2) is 3.88. The van der Waals surface area contributed by atoms with E-state index in [1.807, 2.05) is 0 Å². The van der Waals surface area contributed by atoms with Crippen LogP contribution in [-0.2, 0) is 0 Å². The van der Waals surface area contributed by atoms with Gasteiger partial charge in [-0.15, -0.1) is 0 Å². The number of hydrogen-bond donors (Lipinski definition) is 0. The average molecular weight is 288 g/mol. The third-order valence-electron chi connectivity index (χ3n) is 3.19. The largest absolute Gasteiger partial charge is 0.338 e. The summed E-state index contributed by atoms with van der Waals surface area (Å²) in [6.45, 7) is 4.46. The van der Waals surface area contributed by atoms with Crippen LogP contribution in [0.5, 0.6) is 0 Å². The van der Waals surface area contributed by atoms with Crippen molar-refractivity contribution in [2.45, 2.75) is 19.9 Å². The van der Waals surface area contributed by atoms with Gasteiger partial charge < -0.3 is 4.57 Å². The Morgan fingerprint density at radius 1 is 0.941 bits per heavy atom. The maximum Gasteiger partial charge on any atom is 0.0494 e. The Balaban J connectivity index is 2.57. The zero-order valence-electron chi connectivity index (χ0n) is 9.94. The van der Waals surface area contributed by atoms with E-state index in [1.165, 1.54) is 21.8 Å². The summed E-state index contributed by atoms with van der Waals surface area (Å²) < 4.78 is 3.54. The molecular weight excluding hydrogens is 274 g/mol. The summed E-state index contributed by atoms with van der Waals surface area (Å²) in [5.41, 5.74) is 2.63. The van der Waals surface area contributed by atoms with Crippen LogP contribution in [0, 0.1) is 0 Å². The van der Waals surface area contributed by atoms with Crippen molar-refractivity contribution in [1.82, 2.24) is 4.57 Å². The minimum Gasteiger partial charge on any atom is -0.338 e. The normalized spacial score (nSPS) is 11.8. The summed E-state index contributed by atoms with van der Waals surface area (Å²) in [6.07, 6.45) is 0.